The van der Waals surface area contributed by atoms with Gasteiger partial charge in [-0.1, -0.05) is 48.5 Å². The Morgan fingerprint density at radius 2 is 1.79 bits per heavy atom. The smallest absolute Gasteiger partial charge is 0.251 e. The third kappa shape index (κ3) is 3.62. The first-order valence-corrected chi connectivity index (χ1v) is 9.42. The Morgan fingerprint density at radius 3 is 2.57 bits per heavy atom. The maximum absolute atomic E-state index is 12.8. The van der Waals surface area contributed by atoms with E-state index in [0.717, 1.165) is 21.9 Å². The number of carbonyl (C=O) groups is 2. The molecule has 1 fully saturated rings. The number of fused-ring (bicyclic) bond motifs is 1. The summed E-state index contributed by atoms with van der Waals surface area (Å²) in [4.78, 5) is 24.9. The second kappa shape index (κ2) is 7.09. The van der Waals surface area contributed by atoms with E-state index in [0.29, 0.717) is 30.6 Å². The molecule has 0 atom stereocenters. The minimum absolute atomic E-state index is 0.171. The van der Waals surface area contributed by atoms with E-state index in [1.807, 2.05) is 37.3 Å². The molecule has 1 aliphatic carbocycles. The van der Waals surface area contributed by atoms with Crippen LogP contribution in [-0.4, -0.2) is 17.4 Å². The average molecular weight is 373 g/mol. The maximum Gasteiger partial charge on any atom is 0.251 e. The van der Waals surface area contributed by atoms with Crippen LogP contribution in [0, 0.1) is 6.92 Å². The highest BCUT2D eigenvalue weighted by molar-refractivity contribution is 6.02. The number of benzene rings is 3. The molecule has 5 heteroatoms. The van der Waals surface area contributed by atoms with Gasteiger partial charge < -0.3 is 16.4 Å². The number of rotatable bonds is 5. The van der Waals surface area contributed by atoms with Crippen LogP contribution < -0.4 is 16.4 Å². The van der Waals surface area contributed by atoms with Crippen molar-refractivity contribution in [2.45, 2.75) is 31.8 Å². The highest BCUT2D eigenvalue weighted by Crippen LogP contribution is 2.33. The number of aryl methyl sites for hydroxylation is 1. The molecule has 4 rings (SSSR count). The van der Waals surface area contributed by atoms with Crippen LogP contribution >= 0.6 is 0 Å². The summed E-state index contributed by atoms with van der Waals surface area (Å²) in [6.07, 6.45) is 1.39. The van der Waals surface area contributed by atoms with Crippen LogP contribution in [0.15, 0.2) is 60.7 Å². The van der Waals surface area contributed by atoms with Crippen LogP contribution in [0.5, 0.6) is 0 Å². The summed E-state index contributed by atoms with van der Waals surface area (Å²) >= 11 is 0. The first-order valence-electron chi connectivity index (χ1n) is 9.42. The Morgan fingerprint density at radius 1 is 1.04 bits per heavy atom. The fraction of sp³-hybridized carbons (Fsp3) is 0.217. The molecule has 2 amide bonds. The molecule has 3 aromatic carbocycles. The van der Waals surface area contributed by atoms with Crippen LogP contribution in [-0.2, 0) is 11.3 Å². The molecule has 0 bridgehead atoms. The number of amides is 2. The second-order valence-electron chi connectivity index (χ2n) is 7.46. The van der Waals surface area contributed by atoms with Gasteiger partial charge in [0.2, 0.25) is 5.91 Å². The fourth-order valence-corrected chi connectivity index (χ4v) is 3.28. The molecule has 28 heavy (non-hydrogen) atoms. The molecule has 0 saturated heterocycles. The molecule has 5 nitrogen and oxygen atoms in total. The summed E-state index contributed by atoms with van der Waals surface area (Å²) in [5.41, 5.74) is 8.22. The molecule has 1 saturated carbocycles. The maximum atomic E-state index is 12.8. The highest BCUT2D eigenvalue weighted by atomic mass is 16.2. The molecule has 0 unspecified atom stereocenters. The molecular weight excluding hydrogens is 350 g/mol. The van der Waals surface area contributed by atoms with Crippen LogP contribution in [0.25, 0.3) is 10.8 Å². The first-order chi connectivity index (χ1) is 13.5. The van der Waals surface area contributed by atoms with E-state index in [1.54, 1.807) is 12.1 Å². The van der Waals surface area contributed by atoms with Crippen LogP contribution in [0.4, 0.5) is 5.69 Å². The summed E-state index contributed by atoms with van der Waals surface area (Å²) < 4.78 is 0. The molecule has 1 aliphatic rings. The van der Waals surface area contributed by atoms with Crippen molar-refractivity contribution >= 4 is 28.3 Å². The van der Waals surface area contributed by atoms with Crippen molar-refractivity contribution in [3.05, 3.63) is 77.4 Å². The summed E-state index contributed by atoms with van der Waals surface area (Å²) in [7, 11) is 0. The van der Waals surface area contributed by atoms with Crippen molar-refractivity contribution in [2.24, 2.45) is 5.73 Å². The largest absolute Gasteiger partial charge is 0.348 e. The van der Waals surface area contributed by atoms with Gasteiger partial charge in [0.15, 0.2) is 0 Å². The zero-order valence-electron chi connectivity index (χ0n) is 15.8. The standard InChI is InChI=1S/C23H23N3O2/c1-15-9-10-18(26-22(28)23(24)11-12-23)13-20(15)21(27)25-14-17-7-4-6-16-5-2-3-8-19(16)17/h2-10,13H,11-12,14,24H2,1H3,(H,25,27)(H,26,28). The molecule has 4 N–H and O–H groups in total. The predicted octanol–water partition coefficient (Wildman–Crippen LogP) is 3.51. The first kappa shape index (κ1) is 18.2. The monoisotopic (exact) mass is 373 g/mol. The lowest BCUT2D eigenvalue weighted by Crippen LogP contribution is -2.37. The molecule has 0 heterocycles. The van der Waals surface area contributed by atoms with Gasteiger partial charge in [-0.15, -0.1) is 0 Å². The van der Waals surface area contributed by atoms with Crippen LogP contribution in [0.1, 0.15) is 34.3 Å². The molecule has 0 spiro atoms. The second-order valence-corrected chi connectivity index (χ2v) is 7.46. The number of anilines is 1. The van der Waals surface area contributed by atoms with Crippen molar-refractivity contribution in [1.29, 1.82) is 0 Å². The Labute approximate surface area is 163 Å². The molecule has 0 aliphatic heterocycles. The Bertz CT molecular complexity index is 1070. The normalized spacial score (nSPS) is 14.5. The van der Waals surface area contributed by atoms with Gasteiger partial charge in [-0.2, -0.15) is 0 Å². The van der Waals surface area contributed by atoms with E-state index >= 15 is 0 Å². The lowest BCUT2D eigenvalue weighted by molar-refractivity contribution is -0.118. The van der Waals surface area contributed by atoms with Crippen LogP contribution in [0.3, 0.4) is 0 Å². The van der Waals surface area contributed by atoms with E-state index in [-0.39, 0.29) is 11.8 Å². The van der Waals surface area contributed by atoms with E-state index in [4.69, 9.17) is 5.73 Å². The predicted molar refractivity (Wildman–Crippen MR) is 111 cm³/mol. The van der Waals surface area contributed by atoms with E-state index < -0.39 is 5.54 Å². The van der Waals surface area contributed by atoms with Crippen molar-refractivity contribution in [1.82, 2.24) is 5.32 Å². The van der Waals surface area contributed by atoms with Gasteiger partial charge in [-0.3, -0.25) is 9.59 Å². The van der Waals surface area contributed by atoms with Crippen molar-refractivity contribution in [3.8, 4) is 0 Å². The topological polar surface area (TPSA) is 84.2 Å². The SMILES string of the molecule is Cc1ccc(NC(=O)C2(N)CC2)cc1C(=O)NCc1cccc2ccccc12. The minimum atomic E-state index is -0.748. The minimum Gasteiger partial charge on any atom is -0.348 e. The Kier molecular flexibility index (Phi) is 4.61. The van der Waals surface area contributed by atoms with Gasteiger partial charge in [-0.05, 0) is 53.8 Å². The Balaban J connectivity index is 1.49. The number of nitrogens with one attached hydrogen (secondary N) is 2. The third-order valence-electron chi connectivity index (χ3n) is 5.30. The molecule has 0 aromatic heterocycles. The summed E-state index contributed by atoms with van der Waals surface area (Å²) in [5, 5.41) is 8.09. The van der Waals surface area contributed by atoms with Gasteiger partial charge in [0.25, 0.3) is 5.91 Å². The number of hydrogen-bond acceptors (Lipinski definition) is 3. The summed E-state index contributed by atoms with van der Waals surface area (Å²) in [6, 6.07) is 19.5. The van der Waals surface area contributed by atoms with Gasteiger partial charge in [-0.25, -0.2) is 0 Å². The highest BCUT2D eigenvalue weighted by Gasteiger charge is 2.45. The summed E-state index contributed by atoms with van der Waals surface area (Å²) in [6.45, 7) is 2.31. The zero-order valence-corrected chi connectivity index (χ0v) is 15.8. The molecule has 142 valence electrons. The van der Waals surface area contributed by atoms with E-state index in [1.165, 1.54) is 0 Å². The van der Waals surface area contributed by atoms with Gasteiger partial charge in [0, 0.05) is 17.8 Å². The average Bonchev–Trinajstić information content (AvgIpc) is 3.46. The lowest BCUT2D eigenvalue weighted by Gasteiger charge is -2.13. The number of nitrogens with two attached hydrogens (primary N) is 1. The van der Waals surface area contributed by atoms with Gasteiger partial charge in [0.05, 0.1) is 5.54 Å². The van der Waals surface area contributed by atoms with Crippen molar-refractivity contribution in [2.75, 3.05) is 5.32 Å². The van der Waals surface area contributed by atoms with Gasteiger partial charge in [0.1, 0.15) is 0 Å². The lowest BCUT2D eigenvalue weighted by atomic mass is 10.0. The van der Waals surface area contributed by atoms with E-state index in [9.17, 15) is 9.59 Å². The molecule has 3 aromatic rings. The number of hydrogen-bond donors (Lipinski definition) is 3. The van der Waals surface area contributed by atoms with Crippen LogP contribution in [0.2, 0.25) is 0 Å². The summed E-state index contributed by atoms with van der Waals surface area (Å²) in [5.74, 6) is -0.367. The third-order valence-corrected chi connectivity index (χ3v) is 5.30. The zero-order chi connectivity index (χ0) is 19.7. The Hall–Kier alpha value is -3.18. The van der Waals surface area contributed by atoms with Crippen molar-refractivity contribution in [3.63, 3.8) is 0 Å². The molecule has 0 radical (unpaired) electrons. The van der Waals surface area contributed by atoms with E-state index in [2.05, 4.69) is 28.8 Å². The quantitative estimate of drug-likeness (QED) is 0.640. The fourth-order valence-electron chi connectivity index (χ4n) is 3.28. The van der Waals surface area contributed by atoms with Gasteiger partial charge >= 0.3 is 0 Å². The number of carbonyl (C=O) groups excluding carboxylic acids is 2. The van der Waals surface area contributed by atoms with Crippen molar-refractivity contribution < 1.29 is 9.59 Å². The molecular formula is C23H23N3O2.